The van der Waals surface area contributed by atoms with Crippen LogP contribution in [0.4, 0.5) is 0 Å². The number of likely N-dealkylation sites (N-methyl/N-ethyl adjacent to an activating group) is 1. The number of guanidine groups is 1. The predicted molar refractivity (Wildman–Crippen MR) is 134 cm³/mol. The fourth-order valence-electron chi connectivity index (χ4n) is 3.15. The van der Waals surface area contributed by atoms with E-state index in [-0.39, 0.29) is 30.0 Å². The van der Waals surface area contributed by atoms with Crippen molar-refractivity contribution in [2.75, 3.05) is 34.2 Å². The van der Waals surface area contributed by atoms with E-state index in [0.717, 1.165) is 11.4 Å². The van der Waals surface area contributed by atoms with E-state index in [1.807, 2.05) is 18.2 Å². The smallest absolute Gasteiger partial charge is 0.191 e. The first-order valence-corrected chi connectivity index (χ1v) is 10.2. The number of hydrogen-bond donors (Lipinski definition) is 3. The number of rotatable bonds is 7. The van der Waals surface area contributed by atoms with Crippen LogP contribution >= 0.6 is 35.3 Å². The molecule has 156 valence electrons. The van der Waals surface area contributed by atoms with E-state index < -0.39 is 6.10 Å². The third kappa shape index (κ3) is 6.40. The molecule has 5 nitrogen and oxygen atoms in total. The zero-order valence-electron chi connectivity index (χ0n) is 17.0. The number of aliphatic hydroxyl groups excluding tert-OH is 1. The molecule has 0 amide bonds. The molecule has 0 spiro atoms. The van der Waals surface area contributed by atoms with Gasteiger partial charge in [0.1, 0.15) is 6.10 Å². The Bertz CT molecular complexity index is 880. The highest BCUT2D eigenvalue weighted by Crippen LogP contribution is 2.29. The zero-order valence-corrected chi connectivity index (χ0v) is 20.1. The Labute approximate surface area is 193 Å². The molecule has 3 rings (SSSR count). The molecule has 2 aromatic carbocycles. The minimum absolute atomic E-state index is 0. The normalized spacial score (nSPS) is 13.8. The Morgan fingerprint density at radius 1 is 1.03 bits per heavy atom. The molecule has 2 atom stereocenters. The van der Waals surface area contributed by atoms with E-state index in [9.17, 15) is 5.11 Å². The summed E-state index contributed by atoms with van der Waals surface area (Å²) in [6, 6.07) is 20.9. The van der Waals surface area contributed by atoms with Crippen molar-refractivity contribution in [3.63, 3.8) is 0 Å². The number of aliphatic imine (C=N–C) groups is 1. The fourth-order valence-corrected chi connectivity index (χ4v) is 4.20. The lowest BCUT2D eigenvalue weighted by Crippen LogP contribution is -2.43. The maximum absolute atomic E-state index is 10.6. The molecule has 0 radical (unpaired) electrons. The Balaban J connectivity index is 0.00000300. The highest BCUT2D eigenvalue weighted by molar-refractivity contribution is 14.0. The van der Waals surface area contributed by atoms with Crippen LogP contribution in [0.15, 0.2) is 65.7 Å². The summed E-state index contributed by atoms with van der Waals surface area (Å²) in [5.74, 6) is 0.683. The lowest BCUT2D eigenvalue weighted by molar-refractivity contribution is 0.184. The summed E-state index contributed by atoms with van der Waals surface area (Å²) in [6.07, 6.45) is -0.574. The lowest BCUT2D eigenvalue weighted by Gasteiger charge is -2.26. The zero-order chi connectivity index (χ0) is 19.9. The highest BCUT2D eigenvalue weighted by Gasteiger charge is 2.15. The average Bonchev–Trinajstić information content (AvgIpc) is 3.15. The number of halogens is 1. The third-order valence-electron chi connectivity index (χ3n) is 4.73. The molecule has 29 heavy (non-hydrogen) atoms. The van der Waals surface area contributed by atoms with Gasteiger partial charge in [-0.05, 0) is 37.2 Å². The summed E-state index contributed by atoms with van der Waals surface area (Å²) in [5, 5.41) is 18.3. The van der Waals surface area contributed by atoms with Gasteiger partial charge in [0.25, 0.3) is 0 Å². The standard InChI is InChI=1S/C22H28N4OS.HI/c1-23-22(24-14-18(26(2)3)16-9-5-4-6-10-16)25-15-19(27)21-13-17-11-7-8-12-20(17)28-21;/h4-13,18-19,27H,14-15H2,1-3H3,(H2,23,24,25);1H. The first-order valence-electron chi connectivity index (χ1n) is 9.41. The predicted octanol–water partition coefficient (Wildman–Crippen LogP) is 4.02. The minimum Gasteiger partial charge on any atom is -0.386 e. The number of fused-ring (bicyclic) bond motifs is 1. The summed E-state index contributed by atoms with van der Waals surface area (Å²) < 4.78 is 1.19. The second-order valence-electron chi connectivity index (χ2n) is 6.93. The van der Waals surface area contributed by atoms with Crippen molar-refractivity contribution >= 4 is 51.4 Å². The Hall–Kier alpha value is -1.68. The molecule has 0 bridgehead atoms. The first kappa shape index (κ1) is 23.6. The molecular formula is C22H29IN4OS. The fraction of sp³-hybridized carbons (Fsp3) is 0.318. The highest BCUT2D eigenvalue weighted by atomic mass is 127. The van der Waals surface area contributed by atoms with Gasteiger partial charge in [0.15, 0.2) is 5.96 Å². The van der Waals surface area contributed by atoms with Crippen LogP contribution in [0.25, 0.3) is 10.1 Å². The van der Waals surface area contributed by atoms with E-state index in [0.29, 0.717) is 12.5 Å². The van der Waals surface area contributed by atoms with Gasteiger partial charge in [0.2, 0.25) is 0 Å². The quantitative estimate of drug-likeness (QED) is 0.248. The Kier molecular flexibility index (Phi) is 9.35. The van der Waals surface area contributed by atoms with Crippen LogP contribution in [0.5, 0.6) is 0 Å². The van der Waals surface area contributed by atoms with Crippen LogP contribution in [0, 0.1) is 0 Å². The Morgan fingerprint density at radius 2 is 1.69 bits per heavy atom. The third-order valence-corrected chi connectivity index (χ3v) is 5.95. The summed E-state index contributed by atoms with van der Waals surface area (Å²) in [6.45, 7) is 1.13. The van der Waals surface area contributed by atoms with Crippen molar-refractivity contribution in [3.05, 3.63) is 71.1 Å². The van der Waals surface area contributed by atoms with E-state index in [1.54, 1.807) is 18.4 Å². The molecule has 3 aromatic rings. The SMILES string of the molecule is CN=C(NCC(O)c1cc2ccccc2s1)NCC(c1ccccc1)N(C)C.I. The van der Waals surface area contributed by atoms with Gasteiger partial charge in [0.05, 0.1) is 6.04 Å². The number of nitrogens with one attached hydrogen (secondary N) is 2. The summed E-state index contributed by atoms with van der Waals surface area (Å²) >= 11 is 1.63. The number of benzene rings is 2. The van der Waals surface area contributed by atoms with Gasteiger partial charge in [-0.15, -0.1) is 35.3 Å². The van der Waals surface area contributed by atoms with E-state index in [2.05, 4.69) is 77.1 Å². The van der Waals surface area contributed by atoms with Crippen LogP contribution in [0.1, 0.15) is 22.6 Å². The van der Waals surface area contributed by atoms with Crippen LogP contribution in [-0.2, 0) is 0 Å². The molecule has 3 N–H and O–H groups in total. The van der Waals surface area contributed by atoms with Gasteiger partial charge in [-0.1, -0.05) is 48.5 Å². The maximum atomic E-state index is 10.6. The van der Waals surface area contributed by atoms with Crippen LogP contribution < -0.4 is 10.6 Å². The van der Waals surface area contributed by atoms with Crippen molar-refractivity contribution in [1.29, 1.82) is 0 Å². The lowest BCUT2D eigenvalue weighted by atomic mass is 10.1. The van der Waals surface area contributed by atoms with E-state index in [4.69, 9.17) is 0 Å². The molecular weight excluding hydrogens is 495 g/mol. The van der Waals surface area contributed by atoms with Gasteiger partial charge in [-0.3, -0.25) is 4.99 Å². The molecule has 0 saturated carbocycles. The van der Waals surface area contributed by atoms with Crippen molar-refractivity contribution < 1.29 is 5.11 Å². The number of thiophene rings is 1. The molecule has 1 aromatic heterocycles. The van der Waals surface area contributed by atoms with Gasteiger partial charge in [-0.2, -0.15) is 0 Å². The van der Waals surface area contributed by atoms with Crippen molar-refractivity contribution in [1.82, 2.24) is 15.5 Å². The minimum atomic E-state index is -0.574. The topological polar surface area (TPSA) is 59.9 Å². The monoisotopic (exact) mass is 524 g/mol. The summed E-state index contributed by atoms with van der Waals surface area (Å²) in [7, 11) is 5.88. The van der Waals surface area contributed by atoms with Crippen molar-refractivity contribution in [2.24, 2.45) is 4.99 Å². The Morgan fingerprint density at radius 3 is 2.34 bits per heavy atom. The summed E-state index contributed by atoms with van der Waals surface area (Å²) in [5.41, 5.74) is 1.25. The van der Waals surface area contributed by atoms with E-state index >= 15 is 0 Å². The molecule has 0 saturated heterocycles. The molecule has 0 aliphatic carbocycles. The molecule has 1 heterocycles. The number of hydrogen-bond acceptors (Lipinski definition) is 4. The molecule has 0 aliphatic heterocycles. The van der Waals surface area contributed by atoms with Crippen molar-refractivity contribution in [3.8, 4) is 0 Å². The second kappa shape index (κ2) is 11.5. The molecule has 0 fully saturated rings. The molecule has 7 heteroatoms. The first-order chi connectivity index (χ1) is 13.6. The number of aliphatic hydroxyl groups is 1. The second-order valence-corrected chi connectivity index (χ2v) is 8.04. The van der Waals surface area contributed by atoms with Crippen LogP contribution in [0.2, 0.25) is 0 Å². The average molecular weight is 524 g/mol. The van der Waals surface area contributed by atoms with Gasteiger partial charge < -0.3 is 20.6 Å². The van der Waals surface area contributed by atoms with Crippen molar-refractivity contribution in [2.45, 2.75) is 12.1 Å². The largest absolute Gasteiger partial charge is 0.386 e. The van der Waals surface area contributed by atoms with Gasteiger partial charge in [0, 0.05) is 29.7 Å². The maximum Gasteiger partial charge on any atom is 0.191 e. The van der Waals surface area contributed by atoms with E-state index in [1.165, 1.54) is 15.6 Å². The van der Waals surface area contributed by atoms with Gasteiger partial charge >= 0.3 is 0 Å². The van der Waals surface area contributed by atoms with Crippen LogP contribution in [-0.4, -0.2) is 50.2 Å². The molecule has 0 aliphatic rings. The molecule has 2 unspecified atom stereocenters. The number of nitrogens with zero attached hydrogens (tertiary/aromatic N) is 2. The van der Waals surface area contributed by atoms with Crippen LogP contribution in [0.3, 0.4) is 0 Å². The van der Waals surface area contributed by atoms with Gasteiger partial charge in [-0.25, -0.2) is 0 Å². The summed E-state index contributed by atoms with van der Waals surface area (Å²) in [4.78, 5) is 7.43.